The van der Waals surface area contributed by atoms with Gasteiger partial charge in [-0.1, -0.05) is 41.5 Å². The SMILES string of the molecule is CC(=O)Oc1c(C(C)(C)C)cc(O)c(O)c1C(C)(C)C. The van der Waals surface area contributed by atoms with E-state index in [-0.39, 0.29) is 16.9 Å². The monoisotopic (exact) mass is 280 g/mol. The molecule has 20 heavy (non-hydrogen) atoms. The maximum atomic E-state index is 11.4. The average molecular weight is 280 g/mol. The van der Waals surface area contributed by atoms with E-state index in [1.807, 2.05) is 41.5 Å². The minimum atomic E-state index is -0.479. The molecule has 0 aromatic heterocycles. The maximum absolute atomic E-state index is 11.4. The minimum absolute atomic E-state index is 0.198. The van der Waals surface area contributed by atoms with E-state index in [1.54, 1.807) is 0 Å². The molecule has 4 heteroatoms. The molecular formula is C16H24O4. The van der Waals surface area contributed by atoms with Crippen molar-refractivity contribution in [2.75, 3.05) is 0 Å². The van der Waals surface area contributed by atoms with Crippen LogP contribution in [-0.2, 0) is 15.6 Å². The highest BCUT2D eigenvalue weighted by molar-refractivity contribution is 5.73. The summed E-state index contributed by atoms with van der Waals surface area (Å²) in [6, 6.07) is 1.46. The Morgan fingerprint density at radius 1 is 1.05 bits per heavy atom. The lowest BCUT2D eigenvalue weighted by Gasteiger charge is -2.29. The van der Waals surface area contributed by atoms with E-state index in [0.29, 0.717) is 16.9 Å². The van der Waals surface area contributed by atoms with Crippen LogP contribution in [0.15, 0.2) is 6.07 Å². The predicted octanol–water partition coefficient (Wildman–Crippen LogP) is 3.62. The highest BCUT2D eigenvalue weighted by Crippen LogP contribution is 2.48. The van der Waals surface area contributed by atoms with E-state index in [2.05, 4.69) is 0 Å². The number of esters is 1. The van der Waals surface area contributed by atoms with Crippen LogP contribution in [0.3, 0.4) is 0 Å². The lowest BCUT2D eigenvalue weighted by molar-refractivity contribution is -0.132. The molecule has 0 aliphatic heterocycles. The van der Waals surface area contributed by atoms with Gasteiger partial charge in [-0.3, -0.25) is 4.79 Å². The average Bonchev–Trinajstić information content (AvgIpc) is 2.18. The summed E-state index contributed by atoms with van der Waals surface area (Å²) in [6.45, 7) is 12.9. The first kappa shape index (κ1) is 16.3. The van der Waals surface area contributed by atoms with Gasteiger partial charge in [-0.25, -0.2) is 0 Å². The fraction of sp³-hybridized carbons (Fsp3) is 0.562. The standard InChI is InChI=1S/C16H24O4/c1-9(17)20-14-10(15(2,3)4)8-11(18)13(19)12(14)16(5,6)7/h8,18-19H,1-7H3. The van der Waals surface area contributed by atoms with Gasteiger partial charge in [0.1, 0.15) is 5.75 Å². The number of hydrogen-bond donors (Lipinski definition) is 2. The molecule has 2 N–H and O–H groups in total. The molecule has 0 heterocycles. The number of rotatable bonds is 1. The Bertz CT molecular complexity index is 531. The van der Waals surface area contributed by atoms with Crippen molar-refractivity contribution in [3.05, 3.63) is 17.2 Å². The van der Waals surface area contributed by atoms with Gasteiger partial charge in [0.15, 0.2) is 11.5 Å². The molecule has 0 saturated carbocycles. The Labute approximate surface area is 120 Å². The summed E-state index contributed by atoms with van der Waals surface area (Å²) in [4.78, 5) is 11.4. The number of aromatic hydroxyl groups is 2. The molecule has 0 fully saturated rings. The van der Waals surface area contributed by atoms with Gasteiger partial charge in [-0.05, 0) is 16.9 Å². The third-order valence-electron chi connectivity index (χ3n) is 3.04. The smallest absolute Gasteiger partial charge is 0.308 e. The molecule has 1 rings (SSSR count). The van der Waals surface area contributed by atoms with Crippen molar-refractivity contribution in [3.63, 3.8) is 0 Å². The van der Waals surface area contributed by atoms with Gasteiger partial charge in [0.05, 0.1) is 0 Å². The highest BCUT2D eigenvalue weighted by atomic mass is 16.5. The largest absolute Gasteiger partial charge is 0.504 e. The van der Waals surface area contributed by atoms with E-state index < -0.39 is 11.4 Å². The zero-order valence-electron chi connectivity index (χ0n) is 13.3. The molecule has 0 unspecified atom stereocenters. The van der Waals surface area contributed by atoms with E-state index in [9.17, 15) is 15.0 Å². The summed E-state index contributed by atoms with van der Waals surface area (Å²) >= 11 is 0. The Balaban J connectivity index is 3.79. The molecule has 112 valence electrons. The molecule has 0 aliphatic rings. The Morgan fingerprint density at radius 3 is 1.90 bits per heavy atom. The van der Waals surface area contributed by atoms with Crippen molar-refractivity contribution in [2.45, 2.75) is 59.3 Å². The summed E-state index contributed by atoms with van der Waals surface area (Å²) in [5.41, 5.74) is 0.314. The molecule has 0 amide bonds. The van der Waals surface area contributed by atoms with Crippen molar-refractivity contribution in [2.24, 2.45) is 0 Å². The fourth-order valence-electron chi connectivity index (χ4n) is 2.14. The lowest BCUT2D eigenvalue weighted by atomic mass is 9.78. The summed E-state index contributed by atoms with van der Waals surface area (Å²) in [5, 5.41) is 20.2. The molecule has 0 bridgehead atoms. The number of phenolic OH excluding ortho intramolecular Hbond substituents is 2. The van der Waals surface area contributed by atoms with Crippen LogP contribution in [0, 0.1) is 0 Å². The van der Waals surface area contributed by atoms with Gasteiger partial charge >= 0.3 is 5.97 Å². The molecule has 0 saturated heterocycles. The highest BCUT2D eigenvalue weighted by Gasteiger charge is 2.32. The maximum Gasteiger partial charge on any atom is 0.308 e. The van der Waals surface area contributed by atoms with Crippen molar-refractivity contribution >= 4 is 5.97 Å². The van der Waals surface area contributed by atoms with Crippen LogP contribution in [0.2, 0.25) is 0 Å². The molecule has 4 nitrogen and oxygen atoms in total. The van der Waals surface area contributed by atoms with E-state index in [4.69, 9.17) is 4.74 Å². The summed E-state index contributed by atoms with van der Waals surface area (Å²) < 4.78 is 5.36. The van der Waals surface area contributed by atoms with Gasteiger partial charge < -0.3 is 14.9 Å². The van der Waals surface area contributed by atoms with E-state index in [1.165, 1.54) is 13.0 Å². The Hall–Kier alpha value is -1.71. The molecular weight excluding hydrogens is 256 g/mol. The molecule has 0 radical (unpaired) electrons. The molecule has 0 atom stereocenters. The summed E-state index contributed by atoms with van der Waals surface area (Å²) in [6.07, 6.45) is 0. The van der Waals surface area contributed by atoms with Gasteiger partial charge in [0.25, 0.3) is 0 Å². The molecule has 1 aromatic rings. The summed E-state index contributed by atoms with van der Waals surface area (Å²) in [5.74, 6) is -0.545. The van der Waals surface area contributed by atoms with Gasteiger partial charge in [-0.2, -0.15) is 0 Å². The van der Waals surface area contributed by atoms with Crippen LogP contribution in [0.5, 0.6) is 17.2 Å². The minimum Gasteiger partial charge on any atom is -0.504 e. The number of carbonyl (C=O) groups is 1. The van der Waals surface area contributed by atoms with Gasteiger partial charge in [-0.15, -0.1) is 0 Å². The second-order valence-corrected chi connectivity index (χ2v) is 7.09. The van der Waals surface area contributed by atoms with E-state index >= 15 is 0 Å². The van der Waals surface area contributed by atoms with Crippen LogP contribution in [0.25, 0.3) is 0 Å². The normalized spacial score (nSPS) is 12.3. The zero-order valence-corrected chi connectivity index (χ0v) is 13.3. The van der Waals surface area contributed by atoms with E-state index in [0.717, 1.165) is 0 Å². The molecule has 1 aromatic carbocycles. The van der Waals surface area contributed by atoms with Crippen LogP contribution < -0.4 is 4.74 Å². The van der Waals surface area contributed by atoms with Crippen molar-refractivity contribution in [1.29, 1.82) is 0 Å². The molecule has 0 spiro atoms. The Morgan fingerprint density at radius 2 is 1.55 bits per heavy atom. The van der Waals surface area contributed by atoms with Crippen LogP contribution >= 0.6 is 0 Å². The van der Waals surface area contributed by atoms with Crippen molar-refractivity contribution in [1.82, 2.24) is 0 Å². The Kier molecular flexibility index (Phi) is 4.09. The van der Waals surface area contributed by atoms with Crippen LogP contribution in [0.1, 0.15) is 59.6 Å². The molecule has 0 aliphatic carbocycles. The van der Waals surface area contributed by atoms with Crippen molar-refractivity contribution in [3.8, 4) is 17.2 Å². The number of ether oxygens (including phenoxy) is 1. The second-order valence-electron chi connectivity index (χ2n) is 7.09. The van der Waals surface area contributed by atoms with Gasteiger partial charge in [0, 0.05) is 18.1 Å². The third-order valence-corrected chi connectivity index (χ3v) is 3.04. The number of phenols is 2. The zero-order chi connectivity index (χ0) is 15.9. The fourth-order valence-corrected chi connectivity index (χ4v) is 2.14. The lowest BCUT2D eigenvalue weighted by Crippen LogP contribution is -2.21. The number of hydrogen-bond acceptors (Lipinski definition) is 4. The quantitative estimate of drug-likeness (QED) is 0.468. The predicted molar refractivity (Wildman–Crippen MR) is 78.5 cm³/mol. The van der Waals surface area contributed by atoms with Gasteiger partial charge in [0.2, 0.25) is 0 Å². The first-order valence-electron chi connectivity index (χ1n) is 6.64. The summed E-state index contributed by atoms with van der Waals surface area (Å²) in [7, 11) is 0. The topological polar surface area (TPSA) is 66.8 Å². The third kappa shape index (κ3) is 3.24. The van der Waals surface area contributed by atoms with Crippen LogP contribution in [-0.4, -0.2) is 16.2 Å². The second kappa shape index (κ2) is 5.00. The number of benzene rings is 1. The van der Waals surface area contributed by atoms with Crippen LogP contribution in [0.4, 0.5) is 0 Å². The first-order chi connectivity index (χ1) is 8.85. The first-order valence-corrected chi connectivity index (χ1v) is 6.64. The van der Waals surface area contributed by atoms with Crippen molar-refractivity contribution < 1.29 is 19.7 Å². The number of carbonyl (C=O) groups excluding carboxylic acids is 1.